The highest BCUT2D eigenvalue weighted by Crippen LogP contribution is 2.32. The van der Waals surface area contributed by atoms with Crippen molar-refractivity contribution in [1.29, 1.82) is 0 Å². The number of alkyl halides is 3. The summed E-state index contributed by atoms with van der Waals surface area (Å²) >= 11 is 0. The van der Waals surface area contributed by atoms with Crippen LogP contribution in [0.2, 0.25) is 0 Å². The van der Waals surface area contributed by atoms with Gasteiger partial charge in [0, 0.05) is 23.7 Å². The van der Waals surface area contributed by atoms with Crippen LogP contribution in [0.25, 0.3) is 22.0 Å². The Bertz CT molecular complexity index is 1380. The summed E-state index contributed by atoms with van der Waals surface area (Å²) in [5.74, 6) is -0.795. The number of ether oxygens (including phenoxy) is 1. The number of pyridine rings is 1. The van der Waals surface area contributed by atoms with Crippen LogP contribution in [-0.2, 0) is 17.5 Å². The third kappa shape index (κ3) is 5.48. The van der Waals surface area contributed by atoms with Crippen LogP contribution in [0, 0.1) is 0 Å². The molecular formula is C27H21F3N2O3. The van der Waals surface area contributed by atoms with E-state index in [-0.39, 0.29) is 19.1 Å². The Balaban J connectivity index is 1.50. The number of esters is 1. The minimum atomic E-state index is -4.43. The lowest BCUT2D eigenvalue weighted by molar-refractivity contribution is -0.137. The van der Waals surface area contributed by atoms with E-state index < -0.39 is 17.7 Å². The number of fused-ring (bicyclic) bond motifs is 1. The van der Waals surface area contributed by atoms with Gasteiger partial charge in [-0.25, -0.2) is 4.79 Å². The summed E-state index contributed by atoms with van der Waals surface area (Å²) in [6.45, 7) is 2.23. The molecule has 1 aromatic heterocycles. The van der Waals surface area contributed by atoms with E-state index >= 15 is 0 Å². The number of amides is 1. The molecular weight excluding hydrogens is 457 g/mol. The van der Waals surface area contributed by atoms with Gasteiger partial charge >= 0.3 is 12.1 Å². The highest BCUT2D eigenvalue weighted by molar-refractivity contribution is 6.01. The zero-order chi connectivity index (χ0) is 25.0. The largest absolute Gasteiger partial charge is 0.462 e. The monoisotopic (exact) mass is 478 g/mol. The molecule has 1 N–H and O–H groups in total. The molecule has 0 saturated heterocycles. The minimum Gasteiger partial charge on any atom is -0.462 e. The third-order valence-corrected chi connectivity index (χ3v) is 5.41. The third-order valence-electron chi connectivity index (χ3n) is 5.41. The lowest BCUT2D eigenvalue weighted by Crippen LogP contribution is -2.23. The van der Waals surface area contributed by atoms with Crippen molar-refractivity contribution in [3.8, 4) is 11.1 Å². The van der Waals surface area contributed by atoms with Crippen LogP contribution in [0.5, 0.6) is 0 Å². The van der Waals surface area contributed by atoms with Crippen molar-refractivity contribution in [1.82, 2.24) is 10.3 Å². The summed E-state index contributed by atoms with van der Waals surface area (Å²) in [7, 11) is 0. The first-order valence-electron chi connectivity index (χ1n) is 10.9. The van der Waals surface area contributed by atoms with Gasteiger partial charge in [0.05, 0.1) is 23.3 Å². The molecule has 8 heteroatoms. The first-order valence-corrected chi connectivity index (χ1v) is 10.9. The lowest BCUT2D eigenvalue weighted by atomic mass is 9.98. The van der Waals surface area contributed by atoms with Crippen molar-refractivity contribution >= 4 is 22.8 Å². The van der Waals surface area contributed by atoms with E-state index in [9.17, 15) is 22.8 Å². The van der Waals surface area contributed by atoms with E-state index in [0.717, 1.165) is 23.1 Å². The van der Waals surface area contributed by atoms with Crippen LogP contribution in [0.15, 0.2) is 79.0 Å². The summed E-state index contributed by atoms with van der Waals surface area (Å²) < 4.78 is 43.7. The average Bonchev–Trinajstić information content (AvgIpc) is 2.86. The highest BCUT2D eigenvalue weighted by atomic mass is 19.4. The van der Waals surface area contributed by atoms with Crippen LogP contribution >= 0.6 is 0 Å². The van der Waals surface area contributed by atoms with Crippen molar-refractivity contribution < 1.29 is 27.5 Å². The standard InChI is InChI=1S/C27H21F3N2O3/c1-2-35-26(34)20-14-19-8-7-17(13-24(19)31-16-20)15-32-25(33)23-6-4-3-5-22(23)18-9-11-21(12-10-18)27(28,29)30/h3-14,16H,2,15H2,1H3,(H,32,33). The number of benzene rings is 3. The van der Waals surface area contributed by atoms with E-state index in [1.165, 1.54) is 18.3 Å². The van der Waals surface area contributed by atoms with Crippen molar-refractivity contribution in [2.45, 2.75) is 19.6 Å². The fraction of sp³-hybridized carbons (Fsp3) is 0.148. The summed E-state index contributed by atoms with van der Waals surface area (Å²) in [6.07, 6.45) is -2.98. The fourth-order valence-corrected chi connectivity index (χ4v) is 3.65. The van der Waals surface area contributed by atoms with Gasteiger partial charge in [-0.15, -0.1) is 0 Å². The molecule has 0 radical (unpaired) electrons. The van der Waals surface area contributed by atoms with Crippen LogP contribution in [0.4, 0.5) is 13.2 Å². The zero-order valence-electron chi connectivity index (χ0n) is 18.7. The van der Waals surface area contributed by atoms with Gasteiger partial charge in [-0.05, 0) is 53.9 Å². The number of hydrogen-bond donors (Lipinski definition) is 1. The van der Waals surface area contributed by atoms with Crippen LogP contribution in [0.3, 0.4) is 0 Å². The molecule has 3 aromatic carbocycles. The average molecular weight is 478 g/mol. The smallest absolute Gasteiger partial charge is 0.416 e. The number of nitrogens with one attached hydrogen (secondary N) is 1. The molecule has 4 aromatic rings. The maximum absolute atomic E-state index is 12.9. The van der Waals surface area contributed by atoms with E-state index in [0.29, 0.717) is 27.8 Å². The number of nitrogens with zero attached hydrogens (tertiary/aromatic N) is 1. The predicted molar refractivity (Wildman–Crippen MR) is 126 cm³/mol. The van der Waals surface area contributed by atoms with Gasteiger partial charge in [0.1, 0.15) is 0 Å². The maximum Gasteiger partial charge on any atom is 0.416 e. The summed E-state index contributed by atoms with van der Waals surface area (Å²) in [6, 6.07) is 18.6. The van der Waals surface area contributed by atoms with E-state index in [4.69, 9.17) is 4.74 Å². The Hall–Kier alpha value is -4.20. The summed E-state index contributed by atoms with van der Waals surface area (Å²) in [5, 5.41) is 3.61. The van der Waals surface area contributed by atoms with Crippen molar-refractivity contribution in [2.24, 2.45) is 0 Å². The molecule has 35 heavy (non-hydrogen) atoms. The molecule has 1 heterocycles. The Labute approximate surface area is 199 Å². The topological polar surface area (TPSA) is 68.3 Å². The Morgan fingerprint density at radius 1 is 0.971 bits per heavy atom. The van der Waals surface area contributed by atoms with Crippen molar-refractivity contribution in [2.75, 3.05) is 6.61 Å². The molecule has 0 saturated carbocycles. The second-order valence-electron chi connectivity index (χ2n) is 7.77. The molecule has 0 aliphatic heterocycles. The lowest BCUT2D eigenvalue weighted by Gasteiger charge is -2.12. The molecule has 0 aliphatic rings. The molecule has 1 amide bonds. The summed E-state index contributed by atoms with van der Waals surface area (Å²) in [4.78, 5) is 29.1. The molecule has 178 valence electrons. The fourth-order valence-electron chi connectivity index (χ4n) is 3.65. The number of rotatable bonds is 6. The van der Waals surface area contributed by atoms with Crippen molar-refractivity contribution in [3.05, 3.63) is 101 Å². The zero-order valence-corrected chi connectivity index (χ0v) is 18.7. The Kier molecular flexibility index (Phi) is 6.82. The first kappa shape index (κ1) is 23.9. The van der Waals surface area contributed by atoms with Crippen molar-refractivity contribution in [3.63, 3.8) is 0 Å². The van der Waals surface area contributed by atoms with E-state index in [1.807, 2.05) is 18.2 Å². The molecule has 4 rings (SSSR count). The molecule has 5 nitrogen and oxygen atoms in total. The van der Waals surface area contributed by atoms with Gasteiger partial charge < -0.3 is 10.1 Å². The normalized spacial score (nSPS) is 11.3. The maximum atomic E-state index is 12.9. The SMILES string of the molecule is CCOC(=O)c1cnc2cc(CNC(=O)c3ccccc3-c3ccc(C(F)(F)F)cc3)ccc2c1. The van der Waals surface area contributed by atoms with Gasteiger partial charge in [-0.3, -0.25) is 9.78 Å². The number of halogens is 3. The molecule has 0 unspecified atom stereocenters. The number of aromatic nitrogens is 1. The molecule has 0 atom stereocenters. The van der Waals surface area contributed by atoms with Crippen LogP contribution in [0.1, 0.15) is 38.8 Å². The minimum absolute atomic E-state index is 0.220. The van der Waals surface area contributed by atoms with Gasteiger partial charge in [-0.1, -0.05) is 42.5 Å². The van der Waals surface area contributed by atoms with Crippen LogP contribution < -0.4 is 5.32 Å². The quantitative estimate of drug-likeness (QED) is 0.344. The second kappa shape index (κ2) is 9.97. The van der Waals surface area contributed by atoms with Crippen LogP contribution in [-0.4, -0.2) is 23.5 Å². The van der Waals surface area contributed by atoms with Gasteiger partial charge in [0.2, 0.25) is 0 Å². The second-order valence-corrected chi connectivity index (χ2v) is 7.77. The van der Waals surface area contributed by atoms with Gasteiger partial charge in [-0.2, -0.15) is 13.2 Å². The molecule has 0 fully saturated rings. The molecule has 0 spiro atoms. The van der Waals surface area contributed by atoms with E-state index in [1.54, 1.807) is 37.3 Å². The summed E-state index contributed by atoms with van der Waals surface area (Å²) in [5.41, 5.74) is 2.47. The number of carbonyl (C=O) groups is 2. The van der Waals surface area contributed by atoms with Gasteiger partial charge in [0.15, 0.2) is 0 Å². The first-order chi connectivity index (χ1) is 16.8. The highest BCUT2D eigenvalue weighted by Gasteiger charge is 2.30. The molecule has 0 aliphatic carbocycles. The van der Waals surface area contributed by atoms with E-state index in [2.05, 4.69) is 10.3 Å². The number of carbonyl (C=O) groups excluding carboxylic acids is 2. The Morgan fingerprint density at radius 2 is 1.71 bits per heavy atom. The van der Waals surface area contributed by atoms with Gasteiger partial charge in [0.25, 0.3) is 5.91 Å². The number of hydrogen-bond acceptors (Lipinski definition) is 4. The molecule has 0 bridgehead atoms. The Morgan fingerprint density at radius 3 is 2.43 bits per heavy atom. The predicted octanol–water partition coefficient (Wildman–Crippen LogP) is 6.03.